The number of hydrogen-bond donors (Lipinski definition) is 0. The Bertz CT molecular complexity index is 1090. The van der Waals surface area contributed by atoms with Crippen LogP contribution in [0.1, 0.15) is 37.6 Å². The molecule has 7 nitrogen and oxygen atoms in total. The summed E-state index contributed by atoms with van der Waals surface area (Å²) in [5.74, 6) is -1.49. The quantitative estimate of drug-likeness (QED) is 0.359. The van der Waals surface area contributed by atoms with E-state index in [4.69, 9.17) is 4.84 Å². The highest BCUT2D eigenvalue weighted by molar-refractivity contribution is 7.99. The van der Waals surface area contributed by atoms with Gasteiger partial charge >= 0.3 is 5.97 Å². The van der Waals surface area contributed by atoms with Crippen LogP contribution in [0.4, 0.5) is 0 Å². The SMILES string of the molecule is Cc1sc2ncnc(SCCC(=O)ON3C(=O)c4ccccc4C3=O)c2c1C. The number of nitrogens with zero attached hydrogens (tertiary/aromatic N) is 3. The Labute approximate surface area is 168 Å². The standard InChI is InChI=1S/C19H15N3O4S2/c1-10-11(2)28-17-15(10)16(20-9-21-17)27-8-7-14(23)26-22-18(24)12-5-3-4-6-13(12)19(22)25/h3-6,9H,7-8H2,1-2H3. The second-order valence-corrected chi connectivity index (χ2v) is 8.44. The van der Waals surface area contributed by atoms with E-state index in [0.29, 0.717) is 10.8 Å². The molecule has 0 saturated heterocycles. The fraction of sp³-hybridized carbons (Fsp3) is 0.211. The minimum atomic E-state index is -0.648. The largest absolute Gasteiger partial charge is 0.334 e. The van der Waals surface area contributed by atoms with Gasteiger partial charge in [0.25, 0.3) is 11.8 Å². The molecule has 4 rings (SSSR count). The van der Waals surface area contributed by atoms with Crippen molar-refractivity contribution in [2.24, 2.45) is 0 Å². The minimum absolute atomic E-state index is 0.0335. The Morgan fingerprint density at radius 2 is 1.82 bits per heavy atom. The van der Waals surface area contributed by atoms with Gasteiger partial charge in [-0.2, -0.15) is 0 Å². The van der Waals surface area contributed by atoms with E-state index in [0.717, 1.165) is 20.8 Å². The molecule has 2 aromatic heterocycles. The molecule has 1 aliphatic heterocycles. The van der Waals surface area contributed by atoms with E-state index < -0.39 is 17.8 Å². The average molecular weight is 413 g/mol. The zero-order valence-corrected chi connectivity index (χ0v) is 16.7. The molecule has 0 aliphatic carbocycles. The molecule has 0 bridgehead atoms. The molecule has 2 amide bonds. The van der Waals surface area contributed by atoms with Crippen molar-refractivity contribution in [2.45, 2.75) is 25.3 Å². The number of benzene rings is 1. The molecular weight excluding hydrogens is 398 g/mol. The van der Waals surface area contributed by atoms with Crippen molar-refractivity contribution in [3.63, 3.8) is 0 Å². The summed E-state index contributed by atoms with van der Waals surface area (Å²) in [5.41, 5.74) is 1.61. The number of imide groups is 1. The van der Waals surface area contributed by atoms with Gasteiger partial charge in [-0.05, 0) is 31.5 Å². The second-order valence-electron chi connectivity index (χ2n) is 6.15. The fourth-order valence-corrected chi connectivity index (χ4v) is 4.93. The first kappa shape index (κ1) is 18.6. The Kier molecular flexibility index (Phi) is 4.86. The predicted octanol–water partition coefficient (Wildman–Crippen LogP) is 3.54. The van der Waals surface area contributed by atoms with Crippen LogP contribution in [0, 0.1) is 13.8 Å². The highest BCUT2D eigenvalue weighted by Crippen LogP contribution is 2.34. The molecule has 1 aliphatic rings. The maximum absolute atomic E-state index is 12.2. The number of carbonyl (C=O) groups excluding carboxylic acids is 3. The van der Waals surface area contributed by atoms with Gasteiger partial charge < -0.3 is 4.84 Å². The predicted molar refractivity (Wildman–Crippen MR) is 105 cm³/mol. The number of hydroxylamine groups is 2. The summed E-state index contributed by atoms with van der Waals surface area (Å²) in [6.45, 7) is 4.06. The minimum Gasteiger partial charge on any atom is -0.330 e. The number of carbonyl (C=O) groups is 3. The van der Waals surface area contributed by atoms with E-state index in [9.17, 15) is 14.4 Å². The van der Waals surface area contributed by atoms with Crippen LogP contribution >= 0.6 is 23.1 Å². The summed E-state index contributed by atoms with van der Waals surface area (Å²) in [6, 6.07) is 6.38. The molecule has 0 atom stereocenters. The van der Waals surface area contributed by atoms with Gasteiger partial charge in [-0.25, -0.2) is 14.8 Å². The number of rotatable bonds is 5. The topological polar surface area (TPSA) is 89.5 Å². The van der Waals surface area contributed by atoms with Gasteiger partial charge in [0.15, 0.2) is 0 Å². The summed E-state index contributed by atoms with van der Waals surface area (Å²) < 4.78 is 0. The van der Waals surface area contributed by atoms with Crippen molar-refractivity contribution in [3.8, 4) is 0 Å². The van der Waals surface area contributed by atoms with Crippen molar-refractivity contribution < 1.29 is 19.2 Å². The monoisotopic (exact) mass is 413 g/mol. The molecule has 0 fully saturated rings. The molecule has 0 saturated carbocycles. The van der Waals surface area contributed by atoms with E-state index in [-0.39, 0.29) is 17.5 Å². The first-order valence-corrected chi connectivity index (χ1v) is 10.3. The molecule has 142 valence electrons. The van der Waals surface area contributed by atoms with E-state index in [1.165, 1.54) is 35.1 Å². The zero-order valence-electron chi connectivity index (χ0n) is 15.1. The maximum Gasteiger partial charge on any atom is 0.334 e. The number of aryl methyl sites for hydroxylation is 2. The third-order valence-corrected chi connectivity index (χ3v) is 6.53. The third-order valence-electron chi connectivity index (χ3n) is 4.43. The molecule has 3 aromatic rings. The number of hydrogen-bond acceptors (Lipinski definition) is 8. The average Bonchev–Trinajstić information content (AvgIpc) is 3.11. The van der Waals surface area contributed by atoms with Crippen molar-refractivity contribution in [1.82, 2.24) is 15.0 Å². The fourth-order valence-electron chi connectivity index (χ4n) is 2.89. The van der Waals surface area contributed by atoms with Gasteiger partial charge in [0.05, 0.1) is 17.5 Å². The lowest BCUT2D eigenvalue weighted by molar-refractivity contribution is -0.167. The normalized spacial score (nSPS) is 13.3. The second kappa shape index (κ2) is 7.33. The van der Waals surface area contributed by atoms with Crippen LogP contribution in [-0.4, -0.2) is 38.6 Å². The Hall–Kier alpha value is -2.78. The molecule has 0 spiro atoms. The Morgan fingerprint density at radius 3 is 2.50 bits per heavy atom. The molecule has 0 N–H and O–H groups in total. The third kappa shape index (κ3) is 3.16. The first-order chi connectivity index (χ1) is 13.5. The molecule has 28 heavy (non-hydrogen) atoms. The van der Waals surface area contributed by atoms with Crippen molar-refractivity contribution in [2.75, 3.05) is 5.75 Å². The number of fused-ring (bicyclic) bond motifs is 2. The summed E-state index contributed by atoms with van der Waals surface area (Å²) in [5, 5.41) is 2.34. The molecule has 3 heterocycles. The van der Waals surface area contributed by atoms with E-state index in [2.05, 4.69) is 9.97 Å². The molecular formula is C19H15N3O4S2. The number of thiophene rings is 1. The van der Waals surface area contributed by atoms with E-state index in [1.807, 2.05) is 13.8 Å². The summed E-state index contributed by atoms with van der Waals surface area (Å²) in [4.78, 5) is 52.4. The van der Waals surface area contributed by atoms with Gasteiger partial charge in [-0.3, -0.25) is 9.59 Å². The van der Waals surface area contributed by atoms with E-state index in [1.54, 1.807) is 23.5 Å². The Balaban J connectivity index is 1.39. The molecule has 0 unspecified atom stereocenters. The van der Waals surface area contributed by atoms with Crippen molar-refractivity contribution >= 4 is 51.1 Å². The summed E-state index contributed by atoms with van der Waals surface area (Å²) in [6.07, 6.45) is 1.54. The van der Waals surface area contributed by atoms with Crippen LogP contribution in [0.25, 0.3) is 10.2 Å². The molecule has 1 aromatic carbocycles. The van der Waals surface area contributed by atoms with Crippen LogP contribution in [0.15, 0.2) is 35.6 Å². The lowest BCUT2D eigenvalue weighted by atomic mass is 10.1. The van der Waals surface area contributed by atoms with Crippen LogP contribution in [-0.2, 0) is 9.63 Å². The van der Waals surface area contributed by atoms with Gasteiger partial charge in [0.1, 0.15) is 16.2 Å². The zero-order chi connectivity index (χ0) is 19.8. The smallest absolute Gasteiger partial charge is 0.330 e. The van der Waals surface area contributed by atoms with E-state index >= 15 is 0 Å². The summed E-state index contributed by atoms with van der Waals surface area (Å²) >= 11 is 3.03. The van der Waals surface area contributed by atoms with Crippen LogP contribution < -0.4 is 0 Å². The van der Waals surface area contributed by atoms with Gasteiger partial charge in [0.2, 0.25) is 0 Å². The first-order valence-electron chi connectivity index (χ1n) is 8.49. The van der Waals surface area contributed by atoms with Crippen LogP contribution in [0.3, 0.4) is 0 Å². The van der Waals surface area contributed by atoms with Crippen LogP contribution in [0.5, 0.6) is 0 Å². The van der Waals surface area contributed by atoms with Crippen molar-refractivity contribution in [1.29, 1.82) is 0 Å². The summed E-state index contributed by atoms with van der Waals surface area (Å²) in [7, 11) is 0. The van der Waals surface area contributed by atoms with Gasteiger partial charge in [-0.15, -0.1) is 23.1 Å². The number of aromatic nitrogens is 2. The highest BCUT2D eigenvalue weighted by Gasteiger charge is 2.38. The van der Waals surface area contributed by atoms with Crippen LogP contribution in [0.2, 0.25) is 0 Å². The molecule has 0 radical (unpaired) electrons. The Morgan fingerprint density at radius 1 is 1.14 bits per heavy atom. The number of thioether (sulfide) groups is 1. The molecule has 9 heteroatoms. The van der Waals surface area contributed by atoms with Crippen molar-refractivity contribution in [3.05, 3.63) is 52.2 Å². The number of amides is 2. The lowest BCUT2D eigenvalue weighted by Gasteiger charge is -2.12. The van der Waals surface area contributed by atoms with Gasteiger partial charge in [0, 0.05) is 16.0 Å². The van der Waals surface area contributed by atoms with Gasteiger partial charge in [-0.1, -0.05) is 17.2 Å². The maximum atomic E-state index is 12.2. The highest BCUT2D eigenvalue weighted by atomic mass is 32.2. The lowest BCUT2D eigenvalue weighted by Crippen LogP contribution is -2.32.